The van der Waals surface area contributed by atoms with Crippen molar-refractivity contribution >= 4 is 22.8 Å². The normalized spacial score (nSPS) is 19.6. The second-order valence-corrected chi connectivity index (χ2v) is 10.0. The molecule has 0 spiro atoms. The van der Waals surface area contributed by atoms with Crippen LogP contribution in [-0.2, 0) is 4.79 Å². The number of hydrogen-bond donors (Lipinski definition) is 1. The first-order valence-corrected chi connectivity index (χ1v) is 13.0. The number of rotatable bonds is 7. The molecule has 208 valence electrons. The van der Waals surface area contributed by atoms with Gasteiger partial charge in [0.1, 0.15) is 23.7 Å². The lowest BCUT2D eigenvalue weighted by Crippen LogP contribution is -2.55. The maximum atomic E-state index is 14.6. The molecule has 1 N–H and O–H groups in total. The highest BCUT2D eigenvalue weighted by Gasteiger charge is 2.33. The summed E-state index contributed by atoms with van der Waals surface area (Å²) in [5.74, 6) is -2.35. The molecule has 0 saturated carbocycles. The topological polar surface area (TPSA) is 119 Å². The number of likely N-dealkylation sites (N-methyl/N-ethyl adjacent to an activating group) is 1. The Morgan fingerprint density at radius 1 is 1.27 bits per heavy atom. The van der Waals surface area contributed by atoms with Gasteiger partial charge in [0, 0.05) is 37.4 Å². The standard InChI is InChI=1S/C28H29F2N7O3/c1-17(29)27(39)37-12-11-36(15-19(37)8-9-31)26-25-22(33-28(34-26)40-16-20-5-4-10-35(20)2)13-18(14-32-25)24-21(30)6-3-7-23(24)38/h3,6-7,13-14,19-20,38H,1,4-5,8,10-12,15-16H2,2H3/t19-,20?/m0/s1. The number of aromatic nitrogens is 3. The van der Waals surface area contributed by atoms with Gasteiger partial charge in [-0.25, -0.2) is 8.78 Å². The van der Waals surface area contributed by atoms with E-state index in [1.54, 1.807) is 6.07 Å². The summed E-state index contributed by atoms with van der Waals surface area (Å²) in [6, 6.07) is 7.44. The van der Waals surface area contributed by atoms with E-state index in [0.717, 1.165) is 19.4 Å². The van der Waals surface area contributed by atoms with Gasteiger partial charge < -0.3 is 24.5 Å². The number of carbonyl (C=O) groups is 1. The van der Waals surface area contributed by atoms with Crippen LogP contribution in [0, 0.1) is 17.1 Å². The SMILES string of the molecule is C=C(F)C(=O)N1CCN(c2nc(OCC3CCCN3C)nc3cc(-c4c(O)cccc4F)cnc23)C[C@@H]1CC#N. The average Bonchev–Trinajstić information content (AvgIpc) is 3.35. The lowest BCUT2D eigenvalue weighted by atomic mass is 10.0. The second-order valence-electron chi connectivity index (χ2n) is 10.0. The third-order valence-corrected chi connectivity index (χ3v) is 7.46. The Kier molecular flexibility index (Phi) is 7.75. The molecule has 0 aliphatic carbocycles. The monoisotopic (exact) mass is 549 g/mol. The number of halogens is 2. The fourth-order valence-electron chi connectivity index (χ4n) is 5.31. The number of phenolic OH excluding ortho intramolecular Hbond substituents is 1. The quantitative estimate of drug-likeness (QED) is 0.442. The molecular formula is C28H29F2N7O3. The third kappa shape index (κ3) is 5.37. The van der Waals surface area contributed by atoms with Crippen molar-refractivity contribution in [1.82, 2.24) is 24.8 Å². The molecule has 2 aliphatic heterocycles. The molecule has 1 aromatic carbocycles. The molecule has 0 radical (unpaired) electrons. The zero-order valence-electron chi connectivity index (χ0n) is 22.1. The number of carbonyl (C=O) groups excluding carboxylic acids is 1. The summed E-state index contributed by atoms with van der Waals surface area (Å²) in [4.78, 5) is 31.5. The minimum Gasteiger partial charge on any atom is -0.507 e. The van der Waals surface area contributed by atoms with E-state index in [1.165, 1.54) is 29.3 Å². The zero-order chi connectivity index (χ0) is 28.4. The average molecular weight is 550 g/mol. The van der Waals surface area contributed by atoms with Gasteiger partial charge in [-0.1, -0.05) is 12.6 Å². The van der Waals surface area contributed by atoms with Crippen LogP contribution in [0.3, 0.4) is 0 Å². The van der Waals surface area contributed by atoms with Gasteiger partial charge in [-0.15, -0.1) is 0 Å². The predicted molar refractivity (Wildman–Crippen MR) is 144 cm³/mol. The smallest absolute Gasteiger partial charge is 0.319 e. The van der Waals surface area contributed by atoms with Crippen molar-refractivity contribution in [3.63, 3.8) is 0 Å². The number of nitrogens with zero attached hydrogens (tertiary/aromatic N) is 7. The molecule has 2 aromatic heterocycles. The van der Waals surface area contributed by atoms with Crippen molar-refractivity contribution in [1.29, 1.82) is 5.26 Å². The molecule has 2 aliphatic rings. The molecular weight excluding hydrogens is 520 g/mol. The highest BCUT2D eigenvalue weighted by molar-refractivity contribution is 5.92. The van der Waals surface area contributed by atoms with Gasteiger partial charge in [0.25, 0.3) is 5.91 Å². The minimum absolute atomic E-state index is 0.000210. The third-order valence-electron chi connectivity index (χ3n) is 7.46. The Morgan fingerprint density at radius 2 is 2.10 bits per heavy atom. The van der Waals surface area contributed by atoms with Crippen LogP contribution < -0.4 is 9.64 Å². The molecule has 2 saturated heterocycles. The summed E-state index contributed by atoms with van der Waals surface area (Å²) in [6.07, 6.45) is 3.48. The molecule has 0 bridgehead atoms. The molecule has 40 heavy (non-hydrogen) atoms. The summed E-state index contributed by atoms with van der Waals surface area (Å²) in [6.45, 7) is 5.09. The van der Waals surface area contributed by atoms with Crippen molar-refractivity contribution in [2.24, 2.45) is 0 Å². The summed E-state index contributed by atoms with van der Waals surface area (Å²) < 4.78 is 34.4. The lowest BCUT2D eigenvalue weighted by molar-refractivity contribution is -0.131. The van der Waals surface area contributed by atoms with E-state index >= 15 is 0 Å². The van der Waals surface area contributed by atoms with Crippen LogP contribution in [0.25, 0.3) is 22.2 Å². The number of benzene rings is 1. The predicted octanol–water partition coefficient (Wildman–Crippen LogP) is 3.42. The Bertz CT molecular complexity index is 1470. The van der Waals surface area contributed by atoms with Gasteiger partial charge in [-0.2, -0.15) is 15.2 Å². The molecule has 2 atom stereocenters. The lowest BCUT2D eigenvalue weighted by Gasteiger charge is -2.41. The van der Waals surface area contributed by atoms with E-state index in [-0.39, 0.29) is 49.4 Å². The van der Waals surface area contributed by atoms with Crippen molar-refractivity contribution < 1.29 is 23.4 Å². The fraction of sp³-hybridized carbons (Fsp3) is 0.393. The minimum atomic E-state index is -1.08. The Morgan fingerprint density at radius 3 is 2.80 bits per heavy atom. The highest BCUT2D eigenvalue weighted by atomic mass is 19.1. The summed E-state index contributed by atoms with van der Waals surface area (Å²) >= 11 is 0. The molecule has 2 fully saturated rings. The maximum Gasteiger partial charge on any atom is 0.319 e. The molecule has 1 unspecified atom stereocenters. The Balaban J connectivity index is 1.54. The highest BCUT2D eigenvalue weighted by Crippen LogP contribution is 2.35. The number of fused-ring (bicyclic) bond motifs is 1. The number of ether oxygens (including phenoxy) is 1. The Labute approximate surface area is 230 Å². The van der Waals surface area contributed by atoms with Crippen LogP contribution in [0.2, 0.25) is 0 Å². The number of piperazine rings is 1. The first kappa shape index (κ1) is 27.2. The Hall–Kier alpha value is -4.37. The number of amides is 1. The summed E-state index contributed by atoms with van der Waals surface area (Å²) in [5.41, 5.74) is 1.09. The van der Waals surface area contributed by atoms with E-state index in [9.17, 15) is 23.9 Å². The van der Waals surface area contributed by atoms with Gasteiger partial charge in [0.2, 0.25) is 0 Å². The maximum absolute atomic E-state index is 14.6. The molecule has 4 heterocycles. The molecule has 1 amide bonds. The number of aromatic hydroxyl groups is 1. The number of anilines is 1. The number of hydrogen-bond acceptors (Lipinski definition) is 9. The van der Waals surface area contributed by atoms with Crippen LogP contribution >= 0.6 is 0 Å². The van der Waals surface area contributed by atoms with Crippen LogP contribution in [0.15, 0.2) is 42.9 Å². The van der Waals surface area contributed by atoms with Crippen LogP contribution in [0.4, 0.5) is 14.6 Å². The van der Waals surface area contributed by atoms with E-state index in [1.807, 2.05) is 11.9 Å². The van der Waals surface area contributed by atoms with Crippen LogP contribution in [0.5, 0.6) is 11.8 Å². The van der Waals surface area contributed by atoms with Crippen LogP contribution in [-0.4, -0.2) is 87.7 Å². The van der Waals surface area contributed by atoms with Gasteiger partial charge in [0.05, 0.1) is 29.6 Å². The molecule has 10 nitrogen and oxygen atoms in total. The van der Waals surface area contributed by atoms with Crippen molar-refractivity contribution in [2.45, 2.75) is 31.3 Å². The molecule has 3 aromatic rings. The van der Waals surface area contributed by atoms with E-state index in [0.29, 0.717) is 29.0 Å². The number of nitriles is 1. The molecule has 12 heteroatoms. The largest absolute Gasteiger partial charge is 0.507 e. The van der Waals surface area contributed by atoms with E-state index in [4.69, 9.17) is 4.74 Å². The van der Waals surface area contributed by atoms with Crippen molar-refractivity contribution in [3.05, 3.63) is 48.7 Å². The van der Waals surface area contributed by atoms with Crippen molar-refractivity contribution in [2.75, 3.05) is 44.7 Å². The summed E-state index contributed by atoms with van der Waals surface area (Å²) in [7, 11) is 2.03. The van der Waals surface area contributed by atoms with E-state index in [2.05, 4.69) is 32.5 Å². The molecule has 5 rings (SSSR count). The van der Waals surface area contributed by atoms with E-state index < -0.39 is 23.6 Å². The first-order chi connectivity index (χ1) is 19.3. The first-order valence-electron chi connectivity index (χ1n) is 13.0. The van der Waals surface area contributed by atoms with Gasteiger partial charge in [0.15, 0.2) is 11.6 Å². The number of likely N-dealkylation sites (tertiary alicyclic amines) is 1. The second kappa shape index (κ2) is 11.4. The number of phenols is 1. The summed E-state index contributed by atoms with van der Waals surface area (Å²) in [5, 5.41) is 19.7. The zero-order valence-corrected chi connectivity index (χ0v) is 22.1. The van der Waals surface area contributed by atoms with Crippen LogP contribution in [0.1, 0.15) is 19.3 Å². The van der Waals surface area contributed by atoms with Crippen molar-refractivity contribution in [3.8, 4) is 29.0 Å². The van der Waals surface area contributed by atoms with Gasteiger partial charge >= 0.3 is 6.01 Å². The van der Waals surface area contributed by atoms with Gasteiger partial charge in [-0.3, -0.25) is 9.78 Å². The number of pyridine rings is 1. The van der Waals surface area contributed by atoms with Gasteiger partial charge in [-0.05, 0) is 44.6 Å². The fourth-order valence-corrected chi connectivity index (χ4v) is 5.31.